The summed E-state index contributed by atoms with van der Waals surface area (Å²) in [6.45, 7) is 0.776. The Labute approximate surface area is 113 Å². The Balaban J connectivity index is 1.98. The van der Waals surface area contributed by atoms with Crippen LogP contribution < -0.4 is 5.73 Å². The SMILES string of the molecule is Nc1cc(Cn2cnc3ccccc32)ccc1Br. The lowest BCUT2D eigenvalue weighted by molar-refractivity contribution is 0.825. The molecule has 0 aliphatic carbocycles. The van der Waals surface area contributed by atoms with Crippen molar-refractivity contribution in [3.05, 3.63) is 58.8 Å². The first-order valence-corrected chi connectivity index (χ1v) is 6.47. The summed E-state index contributed by atoms with van der Waals surface area (Å²) >= 11 is 3.40. The molecule has 0 fully saturated rings. The molecule has 18 heavy (non-hydrogen) atoms. The van der Waals surface area contributed by atoms with Crippen molar-refractivity contribution in [3.63, 3.8) is 0 Å². The van der Waals surface area contributed by atoms with Crippen molar-refractivity contribution < 1.29 is 0 Å². The van der Waals surface area contributed by atoms with Crippen LogP contribution in [0.3, 0.4) is 0 Å². The third-order valence-electron chi connectivity index (χ3n) is 2.94. The van der Waals surface area contributed by atoms with Gasteiger partial charge in [-0.15, -0.1) is 0 Å². The minimum absolute atomic E-state index is 0.761. The number of imidazole rings is 1. The van der Waals surface area contributed by atoms with E-state index >= 15 is 0 Å². The molecule has 2 aromatic carbocycles. The molecule has 3 aromatic rings. The van der Waals surface area contributed by atoms with Crippen molar-refractivity contribution in [1.29, 1.82) is 0 Å². The number of rotatable bonds is 2. The Bertz CT molecular complexity index is 703. The lowest BCUT2D eigenvalue weighted by Crippen LogP contribution is -1.99. The molecular weight excluding hydrogens is 290 g/mol. The largest absolute Gasteiger partial charge is 0.398 e. The van der Waals surface area contributed by atoms with Crippen LogP contribution in [0.15, 0.2) is 53.3 Å². The van der Waals surface area contributed by atoms with Crippen LogP contribution >= 0.6 is 15.9 Å². The minimum atomic E-state index is 0.761. The van der Waals surface area contributed by atoms with E-state index in [0.29, 0.717) is 0 Å². The van der Waals surface area contributed by atoms with Crippen molar-refractivity contribution >= 4 is 32.7 Å². The standard InChI is InChI=1S/C14H12BrN3/c15-11-6-5-10(7-12(11)16)8-18-9-17-13-3-1-2-4-14(13)18/h1-7,9H,8,16H2. The summed E-state index contributed by atoms with van der Waals surface area (Å²) in [7, 11) is 0. The number of nitrogen functional groups attached to an aromatic ring is 1. The molecule has 0 unspecified atom stereocenters. The van der Waals surface area contributed by atoms with Crippen LogP contribution in [0.2, 0.25) is 0 Å². The zero-order valence-corrected chi connectivity index (χ0v) is 11.3. The first-order chi connectivity index (χ1) is 8.74. The average Bonchev–Trinajstić information content (AvgIpc) is 2.78. The van der Waals surface area contributed by atoms with Gasteiger partial charge in [0.2, 0.25) is 0 Å². The van der Waals surface area contributed by atoms with Crippen LogP contribution in [0.5, 0.6) is 0 Å². The number of fused-ring (bicyclic) bond motifs is 1. The Hall–Kier alpha value is -1.81. The summed E-state index contributed by atoms with van der Waals surface area (Å²) in [5, 5.41) is 0. The topological polar surface area (TPSA) is 43.8 Å². The van der Waals surface area contributed by atoms with Gasteiger partial charge in [-0.25, -0.2) is 4.98 Å². The Morgan fingerprint density at radius 3 is 2.83 bits per heavy atom. The van der Waals surface area contributed by atoms with Crippen molar-refractivity contribution in [1.82, 2.24) is 9.55 Å². The Kier molecular flexibility index (Phi) is 2.80. The molecule has 90 valence electrons. The lowest BCUT2D eigenvalue weighted by Gasteiger charge is -2.06. The van der Waals surface area contributed by atoms with Gasteiger partial charge in [0.15, 0.2) is 0 Å². The second kappa shape index (κ2) is 4.46. The summed E-state index contributed by atoms with van der Waals surface area (Å²) in [4.78, 5) is 4.38. The summed E-state index contributed by atoms with van der Waals surface area (Å²) in [6.07, 6.45) is 1.86. The molecule has 0 atom stereocenters. The predicted octanol–water partition coefficient (Wildman–Crippen LogP) is 3.43. The van der Waals surface area contributed by atoms with Gasteiger partial charge in [-0.1, -0.05) is 18.2 Å². The maximum Gasteiger partial charge on any atom is 0.0961 e. The summed E-state index contributed by atoms with van der Waals surface area (Å²) in [5.41, 5.74) is 9.97. The fraction of sp³-hybridized carbons (Fsp3) is 0.0714. The number of hydrogen-bond acceptors (Lipinski definition) is 2. The molecular formula is C14H12BrN3. The summed E-state index contributed by atoms with van der Waals surface area (Å²) in [5.74, 6) is 0. The highest BCUT2D eigenvalue weighted by atomic mass is 79.9. The first kappa shape index (κ1) is 11.3. The molecule has 3 nitrogen and oxygen atoms in total. The van der Waals surface area contributed by atoms with Gasteiger partial charge >= 0.3 is 0 Å². The van der Waals surface area contributed by atoms with Crippen molar-refractivity contribution in [2.75, 3.05) is 5.73 Å². The van der Waals surface area contributed by atoms with Crippen LogP contribution in [0.4, 0.5) is 5.69 Å². The fourth-order valence-corrected chi connectivity index (χ4v) is 2.27. The van der Waals surface area contributed by atoms with E-state index in [0.717, 1.165) is 27.7 Å². The van der Waals surface area contributed by atoms with Gasteiger partial charge in [-0.3, -0.25) is 0 Å². The highest BCUT2D eigenvalue weighted by Gasteiger charge is 2.03. The Morgan fingerprint density at radius 2 is 2.00 bits per heavy atom. The van der Waals surface area contributed by atoms with E-state index in [1.54, 1.807) is 0 Å². The van der Waals surface area contributed by atoms with Gasteiger partial charge in [0.25, 0.3) is 0 Å². The number of hydrogen-bond donors (Lipinski definition) is 1. The molecule has 4 heteroatoms. The molecule has 0 spiro atoms. The summed E-state index contributed by atoms with van der Waals surface area (Å²) in [6, 6.07) is 14.1. The molecule has 0 bridgehead atoms. The monoisotopic (exact) mass is 301 g/mol. The third-order valence-corrected chi connectivity index (χ3v) is 3.66. The quantitative estimate of drug-likeness (QED) is 0.737. The van der Waals surface area contributed by atoms with E-state index in [4.69, 9.17) is 5.73 Å². The molecule has 2 N–H and O–H groups in total. The van der Waals surface area contributed by atoms with E-state index in [2.05, 4.69) is 37.6 Å². The number of nitrogens with zero attached hydrogens (tertiary/aromatic N) is 2. The van der Waals surface area contributed by atoms with Gasteiger partial charge in [-0.2, -0.15) is 0 Å². The van der Waals surface area contributed by atoms with Crippen LogP contribution in [0, 0.1) is 0 Å². The first-order valence-electron chi connectivity index (χ1n) is 5.68. The fourth-order valence-electron chi connectivity index (χ4n) is 2.02. The highest BCUT2D eigenvalue weighted by Crippen LogP contribution is 2.21. The third kappa shape index (κ3) is 1.99. The van der Waals surface area contributed by atoms with Crippen LogP contribution in [-0.2, 0) is 6.54 Å². The number of halogens is 1. The average molecular weight is 302 g/mol. The van der Waals surface area contributed by atoms with Gasteiger partial charge in [0.1, 0.15) is 0 Å². The van der Waals surface area contributed by atoms with E-state index in [9.17, 15) is 0 Å². The van der Waals surface area contributed by atoms with Gasteiger partial charge in [0, 0.05) is 16.7 Å². The van der Waals surface area contributed by atoms with E-state index in [1.807, 2.05) is 36.7 Å². The zero-order valence-electron chi connectivity index (χ0n) is 9.68. The number of benzene rings is 2. The van der Waals surface area contributed by atoms with Crippen LogP contribution in [-0.4, -0.2) is 9.55 Å². The number of aromatic nitrogens is 2. The van der Waals surface area contributed by atoms with Crippen molar-refractivity contribution in [2.24, 2.45) is 0 Å². The maximum absolute atomic E-state index is 5.89. The highest BCUT2D eigenvalue weighted by molar-refractivity contribution is 9.10. The molecule has 0 amide bonds. The lowest BCUT2D eigenvalue weighted by atomic mass is 10.2. The normalized spacial score (nSPS) is 10.9. The van der Waals surface area contributed by atoms with E-state index < -0.39 is 0 Å². The van der Waals surface area contributed by atoms with E-state index in [-0.39, 0.29) is 0 Å². The molecule has 1 heterocycles. The van der Waals surface area contributed by atoms with Crippen LogP contribution in [0.1, 0.15) is 5.56 Å². The van der Waals surface area contributed by atoms with Gasteiger partial charge in [0.05, 0.1) is 17.4 Å². The van der Waals surface area contributed by atoms with Crippen molar-refractivity contribution in [3.8, 4) is 0 Å². The van der Waals surface area contributed by atoms with Gasteiger partial charge in [-0.05, 0) is 45.8 Å². The zero-order chi connectivity index (χ0) is 12.5. The second-order valence-electron chi connectivity index (χ2n) is 4.22. The molecule has 1 aromatic heterocycles. The number of anilines is 1. The molecule has 3 rings (SSSR count). The molecule has 0 saturated heterocycles. The molecule has 0 saturated carbocycles. The minimum Gasteiger partial charge on any atom is -0.398 e. The van der Waals surface area contributed by atoms with Crippen molar-refractivity contribution in [2.45, 2.75) is 6.54 Å². The van der Waals surface area contributed by atoms with E-state index in [1.165, 1.54) is 5.56 Å². The summed E-state index contributed by atoms with van der Waals surface area (Å²) < 4.78 is 3.06. The predicted molar refractivity (Wildman–Crippen MR) is 77.4 cm³/mol. The second-order valence-corrected chi connectivity index (χ2v) is 5.07. The van der Waals surface area contributed by atoms with Gasteiger partial charge < -0.3 is 10.3 Å². The number of para-hydroxylation sites is 2. The molecule has 0 radical (unpaired) electrons. The molecule has 0 aliphatic rings. The maximum atomic E-state index is 5.89. The Morgan fingerprint density at radius 1 is 1.17 bits per heavy atom. The molecule has 0 aliphatic heterocycles. The number of nitrogens with two attached hydrogens (primary N) is 1. The van der Waals surface area contributed by atoms with Crippen LogP contribution in [0.25, 0.3) is 11.0 Å². The smallest absolute Gasteiger partial charge is 0.0961 e.